The largest absolute Gasteiger partial charge is 0.497 e. The third kappa shape index (κ3) is 4.79. The van der Waals surface area contributed by atoms with Gasteiger partial charge in [-0.25, -0.2) is 0 Å². The molecule has 5 heteroatoms. The normalized spacial score (nSPS) is 11.8. The summed E-state index contributed by atoms with van der Waals surface area (Å²) in [5, 5.41) is 10.1. The van der Waals surface area contributed by atoms with Gasteiger partial charge in [-0.15, -0.1) is 0 Å². The van der Waals surface area contributed by atoms with E-state index < -0.39 is 6.10 Å². The van der Waals surface area contributed by atoms with E-state index in [0.29, 0.717) is 30.1 Å². The zero-order chi connectivity index (χ0) is 14.3. The Labute approximate surface area is 113 Å². The minimum absolute atomic E-state index is 0.175. The average molecular weight is 268 g/mol. The molecule has 0 aromatic heterocycles. The number of benzene rings is 1. The van der Waals surface area contributed by atoms with Gasteiger partial charge in [0.25, 0.3) is 0 Å². The average Bonchev–Trinajstić information content (AvgIpc) is 2.44. The molecule has 0 amide bonds. The van der Waals surface area contributed by atoms with Gasteiger partial charge in [-0.2, -0.15) is 0 Å². The van der Waals surface area contributed by atoms with Crippen molar-refractivity contribution in [3.63, 3.8) is 0 Å². The maximum absolute atomic E-state index is 11.2. The minimum Gasteiger partial charge on any atom is -0.497 e. The topological polar surface area (TPSA) is 65.0 Å². The van der Waals surface area contributed by atoms with Crippen molar-refractivity contribution in [2.75, 3.05) is 20.8 Å². The van der Waals surface area contributed by atoms with Crippen LogP contribution in [0.15, 0.2) is 18.2 Å². The van der Waals surface area contributed by atoms with Gasteiger partial charge in [0, 0.05) is 12.5 Å². The quantitative estimate of drug-likeness (QED) is 0.767. The zero-order valence-electron chi connectivity index (χ0n) is 11.5. The summed E-state index contributed by atoms with van der Waals surface area (Å²) in [5.74, 6) is 0.894. The van der Waals surface area contributed by atoms with Crippen LogP contribution >= 0.6 is 0 Å². The number of ether oxygens (including phenoxy) is 3. The summed E-state index contributed by atoms with van der Waals surface area (Å²) >= 11 is 0. The fourth-order valence-electron chi connectivity index (χ4n) is 1.68. The van der Waals surface area contributed by atoms with Crippen LogP contribution in [0.5, 0.6) is 11.5 Å². The third-order valence-corrected chi connectivity index (χ3v) is 2.69. The van der Waals surface area contributed by atoms with Gasteiger partial charge >= 0.3 is 5.97 Å². The first-order chi connectivity index (χ1) is 9.10. The third-order valence-electron chi connectivity index (χ3n) is 2.69. The van der Waals surface area contributed by atoms with Gasteiger partial charge < -0.3 is 19.3 Å². The lowest BCUT2D eigenvalue weighted by atomic mass is 10.0. The van der Waals surface area contributed by atoms with E-state index in [0.717, 1.165) is 0 Å². The number of methoxy groups -OCH3 is 2. The number of rotatable bonds is 7. The Morgan fingerprint density at radius 1 is 1.21 bits per heavy atom. The fraction of sp³-hybridized carbons (Fsp3) is 0.500. The highest BCUT2D eigenvalue weighted by atomic mass is 16.5. The van der Waals surface area contributed by atoms with E-state index in [1.807, 2.05) is 0 Å². The Morgan fingerprint density at radius 3 is 2.26 bits per heavy atom. The van der Waals surface area contributed by atoms with E-state index in [4.69, 9.17) is 14.2 Å². The first-order valence-electron chi connectivity index (χ1n) is 6.17. The Morgan fingerprint density at radius 2 is 1.79 bits per heavy atom. The molecule has 1 unspecified atom stereocenters. The standard InChI is InChI=1S/C14H20O5/c1-4-19-14(16)6-5-13(15)10-7-11(17-2)9-12(8-10)18-3/h7-9,13,15H,4-6H2,1-3H3. The molecule has 0 radical (unpaired) electrons. The molecule has 5 nitrogen and oxygen atoms in total. The number of aliphatic hydroxyl groups excluding tert-OH is 1. The Bertz CT molecular complexity index is 394. The van der Waals surface area contributed by atoms with Crippen LogP contribution in [0.3, 0.4) is 0 Å². The zero-order valence-corrected chi connectivity index (χ0v) is 11.5. The molecule has 106 valence electrons. The lowest BCUT2D eigenvalue weighted by molar-refractivity contribution is -0.143. The van der Waals surface area contributed by atoms with Gasteiger partial charge in [-0.05, 0) is 31.0 Å². The molecule has 0 bridgehead atoms. The van der Waals surface area contributed by atoms with Crippen LogP contribution in [-0.2, 0) is 9.53 Å². The van der Waals surface area contributed by atoms with Gasteiger partial charge in [0.1, 0.15) is 11.5 Å². The molecule has 0 heterocycles. The number of hydrogen-bond acceptors (Lipinski definition) is 5. The van der Waals surface area contributed by atoms with Gasteiger partial charge in [0.15, 0.2) is 0 Å². The number of carbonyl (C=O) groups is 1. The van der Waals surface area contributed by atoms with E-state index >= 15 is 0 Å². The summed E-state index contributed by atoms with van der Waals surface area (Å²) in [6.45, 7) is 2.10. The SMILES string of the molecule is CCOC(=O)CCC(O)c1cc(OC)cc(OC)c1. The Kier molecular flexibility index (Phi) is 6.15. The molecule has 0 fully saturated rings. The fourth-order valence-corrected chi connectivity index (χ4v) is 1.68. The summed E-state index contributed by atoms with van der Waals surface area (Å²) in [4.78, 5) is 11.2. The summed E-state index contributed by atoms with van der Waals surface area (Å²) in [7, 11) is 3.09. The molecule has 0 aliphatic rings. The number of aliphatic hydroxyl groups is 1. The van der Waals surface area contributed by atoms with Crippen LogP contribution in [0, 0.1) is 0 Å². The van der Waals surface area contributed by atoms with Crippen molar-refractivity contribution in [1.29, 1.82) is 0 Å². The smallest absolute Gasteiger partial charge is 0.305 e. The maximum Gasteiger partial charge on any atom is 0.305 e. The first-order valence-corrected chi connectivity index (χ1v) is 6.17. The Balaban J connectivity index is 2.70. The molecule has 0 saturated heterocycles. The van der Waals surface area contributed by atoms with Gasteiger partial charge in [-0.1, -0.05) is 0 Å². The summed E-state index contributed by atoms with van der Waals surface area (Å²) < 4.78 is 15.1. The molecular formula is C14H20O5. The molecule has 1 atom stereocenters. The van der Waals surface area contributed by atoms with Crippen molar-refractivity contribution >= 4 is 5.97 Å². The van der Waals surface area contributed by atoms with Gasteiger partial charge in [0.2, 0.25) is 0 Å². The number of hydrogen-bond donors (Lipinski definition) is 1. The summed E-state index contributed by atoms with van der Waals surface area (Å²) in [6.07, 6.45) is -0.280. The molecule has 1 rings (SSSR count). The maximum atomic E-state index is 11.2. The molecule has 0 saturated carbocycles. The van der Waals surface area contributed by atoms with Crippen LogP contribution in [-0.4, -0.2) is 31.9 Å². The molecular weight excluding hydrogens is 248 g/mol. The predicted octanol–water partition coefficient (Wildman–Crippen LogP) is 2.08. The number of esters is 1. The monoisotopic (exact) mass is 268 g/mol. The van der Waals surface area contributed by atoms with E-state index in [-0.39, 0.29) is 12.4 Å². The highest BCUT2D eigenvalue weighted by Crippen LogP contribution is 2.28. The highest BCUT2D eigenvalue weighted by molar-refractivity contribution is 5.69. The molecule has 19 heavy (non-hydrogen) atoms. The second kappa shape index (κ2) is 7.63. The molecule has 1 N–H and O–H groups in total. The molecule has 0 aliphatic carbocycles. The number of carbonyl (C=O) groups excluding carboxylic acids is 1. The second-order valence-electron chi connectivity index (χ2n) is 4.01. The van der Waals surface area contributed by atoms with Crippen molar-refractivity contribution in [3.05, 3.63) is 23.8 Å². The molecule has 0 aliphatic heterocycles. The van der Waals surface area contributed by atoms with Crippen molar-refractivity contribution in [1.82, 2.24) is 0 Å². The van der Waals surface area contributed by atoms with Crippen LogP contribution in [0.2, 0.25) is 0 Å². The summed E-state index contributed by atoms with van der Waals surface area (Å²) in [5.41, 5.74) is 0.653. The lowest BCUT2D eigenvalue weighted by Crippen LogP contribution is -2.07. The van der Waals surface area contributed by atoms with Crippen LogP contribution < -0.4 is 9.47 Å². The van der Waals surface area contributed by atoms with Crippen molar-refractivity contribution < 1.29 is 24.1 Å². The molecule has 0 spiro atoms. The summed E-state index contributed by atoms with van der Waals surface area (Å²) in [6, 6.07) is 5.16. The lowest BCUT2D eigenvalue weighted by Gasteiger charge is -2.13. The van der Waals surface area contributed by atoms with E-state index in [1.54, 1.807) is 39.3 Å². The van der Waals surface area contributed by atoms with E-state index in [2.05, 4.69) is 0 Å². The second-order valence-corrected chi connectivity index (χ2v) is 4.01. The Hall–Kier alpha value is -1.75. The van der Waals surface area contributed by atoms with Crippen molar-refractivity contribution in [2.24, 2.45) is 0 Å². The van der Waals surface area contributed by atoms with Crippen LogP contribution in [0.25, 0.3) is 0 Å². The van der Waals surface area contributed by atoms with Crippen molar-refractivity contribution in [2.45, 2.75) is 25.9 Å². The van der Waals surface area contributed by atoms with Gasteiger partial charge in [0.05, 0.1) is 26.9 Å². The van der Waals surface area contributed by atoms with Crippen LogP contribution in [0.1, 0.15) is 31.4 Å². The van der Waals surface area contributed by atoms with E-state index in [1.165, 1.54) is 0 Å². The molecule has 1 aromatic carbocycles. The van der Waals surface area contributed by atoms with Crippen LogP contribution in [0.4, 0.5) is 0 Å². The first kappa shape index (κ1) is 15.3. The minimum atomic E-state index is -0.756. The highest BCUT2D eigenvalue weighted by Gasteiger charge is 2.13. The van der Waals surface area contributed by atoms with E-state index in [9.17, 15) is 9.90 Å². The van der Waals surface area contributed by atoms with Gasteiger partial charge in [-0.3, -0.25) is 4.79 Å². The predicted molar refractivity (Wildman–Crippen MR) is 70.4 cm³/mol. The van der Waals surface area contributed by atoms with Crippen molar-refractivity contribution in [3.8, 4) is 11.5 Å². The molecule has 1 aromatic rings.